The average Bonchev–Trinajstić information content (AvgIpc) is 3.17. The number of hydrogen-bond donors (Lipinski definition) is 2. The molecule has 2 aliphatic rings. The van der Waals surface area contributed by atoms with Crippen molar-refractivity contribution in [2.45, 2.75) is 45.3 Å². The van der Waals surface area contributed by atoms with Gasteiger partial charge in [0.15, 0.2) is 11.5 Å². The highest BCUT2D eigenvalue weighted by Crippen LogP contribution is 2.42. The molecule has 1 aromatic carbocycles. The molecule has 6 heteroatoms. The Morgan fingerprint density at radius 2 is 2.25 bits per heavy atom. The van der Waals surface area contributed by atoms with Crippen LogP contribution >= 0.6 is 0 Å². The van der Waals surface area contributed by atoms with Crippen molar-refractivity contribution in [1.29, 1.82) is 0 Å². The molecule has 0 saturated heterocycles. The Kier molecular flexibility index (Phi) is 3.48. The highest BCUT2D eigenvalue weighted by atomic mass is 16.7. The standard InChI is InChI=1S/C18H21N3O3/c1-3-18(2)23-15-7-6-13(9-16(15)24-18)20-17(22)11-4-5-12-10-19-21-14(12)8-11/h6-7,9-11H,3-5,8H2,1-2H3,(H,19,21)(H,20,22)/t11-,18+/m0/s1. The molecule has 2 heterocycles. The first-order valence-electron chi connectivity index (χ1n) is 8.40. The fraction of sp³-hybridized carbons (Fsp3) is 0.444. The molecule has 6 nitrogen and oxygen atoms in total. The van der Waals surface area contributed by atoms with Crippen molar-refractivity contribution < 1.29 is 14.3 Å². The third-order valence-corrected chi connectivity index (χ3v) is 4.90. The van der Waals surface area contributed by atoms with Crippen LogP contribution in [0.15, 0.2) is 24.4 Å². The van der Waals surface area contributed by atoms with E-state index in [9.17, 15) is 4.79 Å². The predicted molar refractivity (Wildman–Crippen MR) is 89.1 cm³/mol. The summed E-state index contributed by atoms with van der Waals surface area (Å²) in [5.74, 6) is 0.774. The SMILES string of the molecule is CC[C@]1(C)Oc2ccc(NC(=O)[C@H]3CCc4cn[nH]c4C3)cc2O1. The zero-order valence-corrected chi connectivity index (χ0v) is 13.9. The second-order valence-electron chi connectivity index (χ2n) is 6.66. The number of aromatic amines is 1. The maximum absolute atomic E-state index is 12.6. The van der Waals surface area contributed by atoms with Gasteiger partial charge in [0.05, 0.1) is 6.20 Å². The highest BCUT2D eigenvalue weighted by Gasteiger charge is 2.35. The van der Waals surface area contributed by atoms with Gasteiger partial charge in [-0.2, -0.15) is 5.10 Å². The monoisotopic (exact) mass is 327 g/mol. The van der Waals surface area contributed by atoms with Gasteiger partial charge in [0, 0.05) is 43.1 Å². The summed E-state index contributed by atoms with van der Waals surface area (Å²) in [4.78, 5) is 12.6. The molecule has 1 aliphatic heterocycles. The number of fused-ring (bicyclic) bond motifs is 2. The van der Waals surface area contributed by atoms with E-state index in [0.29, 0.717) is 12.2 Å². The minimum Gasteiger partial charge on any atom is -0.449 e. The van der Waals surface area contributed by atoms with Gasteiger partial charge < -0.3 is 14.8 Å². The smallest absolute Gasteiger partial charge is 0.248 e. The normalized spacial score (nSPS) is 24.5. The van der Waals surface area contributed by atoms with E-state index in [1.807, 2.05) is 38.2 Å². The number of aromatic nitrogens is 2. The number of H-pyrrole nitrogens is 1. The molecule has 2 N–H and O–H groups in total. The van der Waals surface area contributed by atoms with Crippen molar-refractivity contribution in [2.75, 3.05) is 5.32 Å². The Balaban J connectivity index is 1.45. The highest BCUT2D eigenvalue weighted by molar-refractivity contribution is 5.93. The molecule has 2 aromatic rings. The van der Waals surface area contributed by atoms with Crippen LogP contribution in [0, 0.1) is 5.92 Å². The summed E-state index contributed by atoms with van der Waals surface area (Å²) in [7, 11) is 0. The third kappa shape index (κ3) is 2.62. The number of rotatable bonds is 3. The number of carbonyl (C=O) groups is 1. The topological polar surface area (TPSA) is 76.2 Å². The van der Waals surface area contributed by atoms with Crippen molar-refractivity contribution in [3.05, 3.63) is 35.7 Å². The zero-order chi connectivity index (χ0) is 16.7. The van der Waals surface area contributed by atoms with Crippen LogP contribution in [0.25, 0.3) is 0 Å². The van der Waals surface area contributed by atoms with E-state index in [1.165, 1.54) is 5.56 Å². The number of anilines is 1. The fourth-order valence-corrected chi connectivity index (χ4v) is 3.26. The van der Waals surface area contributed by atoms with Crippen molar-refractivity contribution in [3.63, 3.8) is 0 Å². The van der Waals surface area contributed by atoms with Gasteiger partial charge in [0.1, 0.15) is 0 Å². The first-order valence-corrected chi connectivity index (χ1v) is 8.40. The lowest BCUT2D eigenvalue weighted by molar-refractivity contribution is -0.120. The molecular formula is C18H21N3O3. The van der Waals surface area contributed by atoms with E-state index in [2.05, 4.69) is 15.5 Å². The number of carbonyl (C=O) groups excluding carboxylic acids is 1. The number of nitrogens with one attached hydrogen (secondary N) is 2. The van der Waals surface area contributed by atoms with E-state index >= 15 is 0 Å². The van der Waals surface area contributed by atoms with Gasteiger partial charge >= 0.3 is 0 Å². The van der Waals surface area contributed by atoms with Crippen LogP contribution in [0.2, 0.25) is 0 Å². The second-order valence-corrected chi connectivity index (χ2v) is 6.66. The lowest BCUT2D eigenvalue weighted by Gasteiger charge is -2.21. The summed E-state index contributed by atoms with van der Waals surface area (Å²) in [5, 5.41) is 10.0. The van der Waals surface area contributed by atoms with Crippen LogP contribution in [0.3, 0.4) is 0 Å². The Bertz CT molecular complexity index is 786. The lowest BCUT2D eigenvalue weighted by atomic mass is 9.87. The molecule has 1 aromatic heterocycles. The molecule has 126 valence electrons. The number of hydrogen-bond acceptors (Lipinski definition) is 4. The molecule has 0 saturated carbocycles. The number of nitrogens with zero attached hydrogens (tertiary/aromatic N) is 1. The van der Waals surface area contributed by atoms with Gasteiger partial charge in [0.25, 0.3) is 0 Å². The van der Waals surface area contributed by atoms with E-state index in [4.69, 9.17) is 9.47 Å². The van der Waals surface area contributed by atoms with Crippen LogP contribution in [-0.4, -0.2) is 21.9 Å². The average molecular weight is 327 g/mol. The van der Waals surface area contributed by atoms with Crippen LogP contribution in [0.5, 0.6) is 11.5 Å². The van der Waals surface area contributed by atoms with Gasteiger partial charge in [-0.1, -0.05) is 6.92 Å². The Hall–Kier alpha value is -2.50. The van der Waals surface area contributed by atoms with E-state index in [0.717, 1.165) is 36.4 Å². The molecule has 0 bridgehead atoms. The van der Waals surface area contributed by atoms with Crippen molar-refractivity contribution in [3.8, 4) is 11.5 Å². The summed E-state index contributed by atoms with van der Waals surface area (Å²) >= 11 is 0. The number of ether oxygens (including phenoxy) is 2. The maximum Gasteiger partial charge on any atom is 0.248 e. The van der Waals surface area contributed by atoms with Crippen LogP contribution in [0.1, 0.15) is 37.9 Å². The molecule has 2 atom stereocenters. The van der Waals surface area contributed by atoms with Gasteiger partial charge in [-0.3, -0.25) is 9.89 Å². The summed E-state index contributed by atoms with van der Waals surface area (Å²) in [5.41, 5.74) is 3.03. The molecule has 0 spiro atoms. The first kappa shape index (κ1) is 15.1. The number of benzene rings is 1. The third-order valence-electron chi connectivity index (χ3n) is 4.90. The van der Waals surface area contributed by atoms with Gasteiger partial charge in [0.2, 0.25) is 11.7 Å². The van der Waals surface area contributed by atoms with Gasteiger partial charge in [-0.15, -0.1) is 0 Å². The van der Waals surface area contributed by atoms with Crippen molar-refractivity contribution in [2.24, 2.45) is 5.92 Å². The molecule has 1 aliphatic carbocycles. The van der Waals surface area contributed by atoms with Crippen molar-refractivity contribution in [1.82, 2.24) is 10.2 Å². The predicted octanol–water partition coefficient (Wildman–Crippen LogP) is 3.05. The molecule has 0 fully saturated rings. The Labute approximate surface area is 140 Å². The quantitative estimate of drug-likeness (QED) is 0.908. The van der Waals surface area contributed by atoms with E-state index in [1.54, 1.807) is 0 Å². The lowest BCUT2D eigenvalue weighted by Crippen LogP contribution is -2.33. The largest absolute Gasteiger partial charge is 0.449 e. The van der Waals surface area contributed by atoms with Gasteiger partial charge in [-0.05, 0) is 30.5 Å². The maximum atomic E-state index is 12.6. The van der Waals surface area contributed by atoms with Gasteiger partial charge in [-0.25, -0.2) is 0 Å². The molecule has 1 amide bonds. The van der Waals surface area contributed by atoms with Crippen LogP contribution < -0.4 is 14.8 Å². The summed E-state index contributed by atoms with van der Waals surface area (Å²) in [6.45, 7) is 3.93. The minimum absolute atomic E-state index is 0.0346. The summed E-state index contributed by atoms with van der Waals surface area (Å²) < 4.78 is 11.7. The Morgan fingerprint density at radius 3 is 3.08 bits per heavy atom. The molecule has 4 rings (SSSR count). The molecular weight excluding hydrogens is 306 g/mol. The first-order chi connectivity index (χ1) is 11.6. The van der Waals surface area contributed by atoms with E-state index in [-0.39, 0.29) is 11.8 Å². The van der Waals surface area contributed by atoms with Crippen LogP contribution in [-0.2, 0) is 17.6 Å². The number of amides is 1. The fourth-order valence-electron chi connectivity index (χ4n) is 3.26. The van der Waals surface area contributed by atoms with E-state index < -0.39 is 5.79 Å². The number of aryl methyl sites for hydroxylation is 1. The summed E-state index contributed by atoms with van der Waals surface area (Å²) in [6, 6.07) is 5.53. The molecule has 0 radical (unpaired) electrons. The molecule has 24 heavy (non-hydrogen) atoms. The van der Waals surface area contributed by atoms with Crippen molar-refractivity contribution >= 4 is 11.6 Å². The Morgan fingerprint density at radius 1 is 1.42 bits per heavy atom. The molecule has 0 unspecified atom stereocenters. The second kappa shape index (κ2) is 5.54. The minimum atomic E-state index is -0.620. The van der Waals surface area contributed by atoms with Crippen LogP contribution in [0.4, 0.5) is 5.69 Å². The summed E-state index contributed by atoms with van der Waals surface area (Å²) in [6.07, 6.45) is 5.04. The zero-order valence-electron chi connectivity index (χ0n) is 13.9.